The van der Waals surface area contributed by atoms with E-state index in [4.69, 9.17) is 36.1 Å². The number of fused-ring (bicyclic) bond motifs is 5. The Morgan fingerprint density at radius 1 is 0.755 bits per heavy atom. The first-order valence-corrected chi connectivity index (χ1v) is 19.3. The van der Waals surface area contributed by atoms with Crippen LogP contribution in [0.4, 0.5) is 0 Å². The molecule has 3 unspecified atom stereocenters. The number of carbonyl (C=O) groups excluding carboxylic acids is 4. The fourth-order valence-electron chi connectivity index (χ4n) is 10.8. The van der Waals surface area contributed by atoms with E-state index in [0.29, 0.717) is 38.7 Å². The number of carbonyl (C=O) groups is 4. The third-order valence-electron chi connectivity index (χ3n) is 13.4. The van der Waals surface area contributed by atoms with Gasteiger partial charge in [0.1, 0.15) is 18.3 Å². The second kappa shape index (κ2) is 17.8. The molecule has 4 aliphatic rings. The van der Waals surface area contributed by atoms with Gasteiger partial charge in [0.2, 0.25) is 0 Å². The van der Waals surface area contributed by atoms with E-state index in [0.717, 1.165) is 38.5 Å². The number of esters is 4. The maximum atomic E-state index is 12.9. The Kier molecular flexibility index (Phi) is 14.4. The van der Waals surface area contributed by atoms with Gasteiger partial charge in [-0.1, -0.05) is 59.8 Å². The van der Waals surface area contributed by atoms with E-state index in [2.05, 4.69) is 27.7 Å². The Hall–Kier alpha value is -2.24. The highest BCUT2D eigenvalue weighted by Gasteiger charge is 2.67. The number of ether oxygens (including phenoxy) is 4. The van der Waals surface area contributed by atoms with Crippen LogP contribution in [0.25, 0.3) is 0 Å². The Morgan fingerprint density at radius 3 is 2.10 bits per heavy atom. The lowest BCUT2D eigenvalue weighted by molar-refractivity contribution is -0.225. The Morgan fingerprint density at radius 2 is 1.41 bits per heavy atom. The summed E-state index contributed by atoms with van der Waals surface area (Å²) >= 11 is 0. The van der Waals surface area contributed by atoms with Crippen LogP contribution in [0, 0.1) is 46.3 Å². The molecule has 0 heterocycles. The number of hydrogen-bond acceptors (Lipinski definition) is 11. The van der Waals surface area contributed by atoms with Gasteiger partial charge in [-0.15, -0.1) is 0 Å². The smallest absolute Gasteiger partial charge is 0.319 e. The molecule has 0 aromatic rings. The lowest BCUT2D eigenvalue weighted by Crippen LogP contribution is -2.63. The topological polar surface area (TPSA) is 183 Å². The average molecular weight is 692 g/mol. The third-order valence-corrected chi connectivity index (χ3v) is 13.4. The summed E-state index contributed by atoms with van der Waals surface area (Å²) in [6.45, 7) is 8.92. The van der Waals surface area contributed by atoms with Crippen LogP contribution in [0.2, 0.25) is 0 Å². The highest BCUT2D eigenvalue weighted by Crippen LogP contribution is 2.69. The fourth-order valence-corrected chi connectivity index (χ4v) is 10.8. The molecular weight excluding hydrogens is 626 g/mol. The van der Waals surface area contributed by atoms with E-state index in [1.54, 1.807) is 0 Å². The monoisotopic (exact) mass is 691 g/mol. The van der Waals surface area contributed by atoms with Crippen LogP contribution >= 0.6 is 0 Å². The van der Waals surface area contributed by atoms with Crippen LogP contribution in [0.15, 0.2) is 0 Å². The fraction of sp³-hybridized carbons (Fsp3) is 0.895. The molecule has 4 fully saturated rings. The number of rotatable bonds is 17. The molecule has 0 spiro atoms. The summed E-state index contributed by atoms with van der Waals surface area (Å²) in [6, 6.07) is 0. The molecule has 6 N–H and O–H groups in total. The average Bonchev–Trinajstić information content (AvgIpc) is 3.45. The first-order valence-electron chi connectivity index (χ1n) is 19.3. The van der Waals surface area contributed by atoms with Crippen LogP contribution < -0.4 is 17.2 Å². The van der Waals surface area contributed by atoms with Crippen molar-refractivity contribution in [3.05, 3.63) is 0 Å². The van der Waals surface area contributed by atoms with Gasteiger partial charge in [0.25, 0.3) is 0 Å². The molecule has 49 heavy (non-hydrogen) atoms. The molecule has 0 radical (unpaired) electrons. The van der Waals surface area contributed by atoms with Crippen molar-refractivity contribution in [2.45, 2.75) is 142 Å². The highest BCUT2D eigenvalue weighted by molar-refractivity contribution is 5.72. The van der Waals surface area contributed by atoms with Crippen molar-refractivity contribution >= 4 is 23.9 Å². The van der Waals surface area contributed by atoms with Crippen LogP contribution in [0.5, 0.6) is 0 Å². The van der Waals surface area contributed by atoms with E-state index in [1.807, 2.05) is 0 Å². The van der Waals surface area contributed by atoms with Gasteiger partial charge in [-0.25, -0.2) is 0 Å². The van der Waals surface area contributed by atoms with Crippen LogP contribution in [0.1, 0.15) is 124 Å². The Balaban J connectivity index is 1.53. The van der Waals surface area contributed by atoms with Gasteiger partial charge in [0.15, 0.2) is 0 Å². The van der Waals surface area contributed by atoms with Gasteiger partial charge in [-0.2, -0.15) is 0 Å². The maximum absolute atomic E-state index is 12.9. The van der Waals surface area contributed by atoms with E-state index in [9.17, 15) is 19.2 Å². The molecular formula is C38H65N3O8. The number of nitrogens with two attached hydrogens (primary N) is 3. The summed E-state index contributed by atoms with van der Waals surface area (Å²) in [5, 5.41) is 0. The van der Waals surface area contributed by atoms with Crippen molar-refractivity contribution in [2.75, 3.05) is 26.2 Å². The molecule has 0 amide bonds. The molecule has 11 nitrogen and oxygen atoms in total. The van der Waals surface area contributed by atoms with Crippen LogP contribution in [0.3, 0.4) is 0 Å². The van der Waals surface area contributed by atoms with Crippen molar-refractivity contribution in [1.29, 1.82) is 0 Å². The minimum absolute atomic E-state index is 0.0669. The molecule has 0 aliphatic heterocycles. The minimum atomic E-state index is -0.421. The quantitative estimate of drug-likeness (QED) is 0.108. The van der Waals surface area contributed by atoms with E-state index >= 15 is 0 Å². The standard InChI is InChI=1S/C38H65N3O8/c1-5-6-7-8-9-10-17-46-32(42)14-11-24(2)27-12-13-28-36-29(20-31(38(27,28)4)49-35(45)23-41)37(3)16-15-26(47-33(43)21-39)18-25(37)19-30(36)48-34(44)22-40/h24-31,36H,5-23,39-41H2,1-4H3/t24-,25?,26-,27?,28+,29+,30-,31+,36?,37+,38-/m1/s1. The molecule has 280 valence electrons. The van der Waals surface area contributed by atoms with Crippen molar-refractivity contribution in [3.63, 3.8) is 0 Å². The van der Waals surface area contributed by atoms with Crippen LogP contribution in [-0.2, 0) is 38.1 Å². The first kappa shape index (κ1) is 39.5. The zero-order valence-electron chi connectivity index (χ0n) is 30.6. The predicted octanol–water partition coefficient (Wildman–Crippen LogP) is 4.80. The Labute approximate surface area is 293 Å². The van der Waals surface area contributed by atoms with Crippen molar-refractivity contribution in [3.8, 4) is 0 Å². The minimum Gasteiger partial charge on any atom is -0.466 e. The summed E-state index contributed by atoms with van der Waals surface area (Å²) in [6.07, 6.45) is 12.4. The second-order valence-electron chi connectivity index (χ2n) is 16.0. The molecule has 0 aromatic heterocycles. The summed E-state index contributed by atoms with van der Waals surface area (Å²) in [7, 11) is 0. The van der Waals surface area contributed by atoms with Gasteiger partial charge in [0.05, 0.1) is 26.2 Å². The molecule has 11 atom stereocenters. The maximum Gasteiger partial charge on any atom is 0.319 e. The van der Waals surface area contributed by atoms with Crippen molar-refractivity contribution in [1.82, 2.24) is 0 Å². The van der Waals surface area contributed by atoms with Gasteiger partial charge in [0, 0.05) is 17.8 Å². The molecule has 0 saturated heterocycles. The lowest BCUT2D eigenvalue weighted by Gasteiger charge is -2.64. The zero-order valence-corrected chi connectivity index (χ0v) is 30.6. The van der Waals surface area contributed by atoms with Gasteiger partial charge >= 0.3 is 23.9 Å². The van der Waals surface area contributed by atoms with E-state index in [1.165, 1.54) is 25.7 Å². The first-order chi connectivity index (χ1) is 23.4. The molecule has 0 bridgehead atoms. The molecule has 11 heteroatoms. The normalized spacial score (nSPS) is 35.7. The zero-order chi connectivity index (χ0) is 35.8. The number of unbranched alkanes of at least 4 members (excludes halogenated alkanes) is 5. The van der Waals surface area contributed by atoms with Crippen LogP contribution in [-0.4, -0.2) is 68.4 Å². The van der Waals surface area contributed by atoms with Gasteiger partial charge in [-0.3, -0.25) is 19.2 Å². The predicted molar refractivity (Wildman–Crippen MR) is 186 cm³/mol. The van der Waals surface area contributed by atoms with Crippen molar-refractivity contribution in [2.24, 2.45) is 63.5 Å². The summed E-state index contributed by atoms with van der Waals surface area (Å²) in [5.41, 5.74) is 16.6. The van der Waals surface area contributed by atoms with Gasteiger partial charge in [-0.05, 0) is 92.8 Å². The molecule has 4 aliphatic carbocycles. The van der Waals surface area contributed by atoms with E-state index < -0.39 is 23.3 Å². The summed E-state index contributed by atoms with van der Waals surface area (Å²) in [5.74, 6) is -0.547. The van der Waals surface area contributed by atoms with E-state index in [-0.39, 0.29) is 84.8 Å². The largest absolute Gasteiger partial charge is 0.466 e. The molecule has 4 saturated carbocycles. The highest BCUT2D eigenvalue weighted by atomic mass is 16.6. The van der Waals surface area contributed by atoms with Crippen molar-refractivity contribution < 1.29 is 38.1 Å². The SMILES string of the molecule is CCCCCCCCOC(=O)CC[C@@H](C)C1CC[C@H]2C3[C@H](OC(=O)CN)CC4C[C@H](OC(=O)CN)CC[C@]4(C)[C@H]3C[C@H](OC(=O)CN)[C@]12C. The third kappa shape index (κ3) is 8.98. The summed E-state index contributed by atoms with van der Waals surface area (Å²) < 4.78 is 23.8. The molecule has 4 rings (SSSR count). The second-order valence-corrected chi connectivity index (χ2v) is 16.0. The van der Waals surface area contributed by atoms with Gasteiger partial charge < -0.3 is 36.1 Å². The Bertz CT molecular complexity index is 1140. The summed E-state index contributed by atoms with van der Waals surface area (Å²) in [4.78, 5) is 50.5. The molecule has 0 aromatic carbocycles. The number of hydrogen-bond donors (Lipinski definition) is 3. The lowest BCUT2D eigenvalue weighted by atomic mass is 9.43.